The lowest BCUT2D eigenvalue weighted by Crippen LogP contribution is -2.39. The van der Waals surface area contributed by atoms with E-state index in [-0.39, 0.29) is 5.82 Å². The van der Waals surface area contributed by atoms with Crippen LogP contribution in [0.1, 0.15) is 12.5 Å². The number of carbonyl (C=O) groups excluding carboxylic acids is 1. The number of halogens is 1. The van der Waals surface area contributed by atoms with Gasteiger partial charge in [-0.25, -0.2) is 4.39 Å². The maximum Gasteiger partial charge on any atom is 0.317 e. The van der Waals surface area contributed by atoms with Crippen molar-refractivity contribution in [2.75, 3.05) is 7.11 Å². The summed E-state index contributed by atoms with van der Waals surface area (Å²) in [5, 5.41) is 0. The highest BCUT2D eigenvalue weighted by Gasteiger charge is 2.41. The van der Waals surface area contributed by atoms with E-state index in [4.69, 9.17) is 4.74 Å². The fourth-order valence-corrected chi connectivity index (χ4v) is 1.89. The summed E-state index contributed by atoms with van der Waals surface area (Å²) in [6.07, 6.45) is 0. The van der Waals surface area contributed by atoms with Crippen molar-refractivity contribution in [3.05, 3.63) is 35.6 Å². The lowest BCUT2D eigenvalue weighted by Gasteiger charge is -2.29. The van der Waals surface area contributed by atoms with Gasteiger partial charge in [-0.15, -0.1) is 0 Å². The smallest absolute Gasteiger partial charge is 0.317 e. The number of esters is 1. The topological polar surface area (TPSA) is 26.3 Å². The third-order valence-corrected chi connectivity index (χ3v) is 3.60. The summed E-state index contributed by atoms with van der Waals surface area (Å²) in [4.78, 5) is 11.7. The highest BCUT2D eigenvalue weighted by atomic mass is 32.2. The molecule has 0 radical (unpaired) electrons. The second-order valence-electron chi connectivity index (χ2n) is 3.57. The molecule has 2 nitrogen and oxygen atoms in total. The first-order chi connectivity index (χ1) is 7.42. The number of methoxy groups -OCH3 is 1. The molecular weight excluding hydrogens is 247 g/mol. The predicted octanol–water partition coefficient (Wildman–Crippen LogP) is 2.44. The minimum atomic E-state index is -1.01. The Hall–Kier alpha value is -0.680. The molecule has 0 saturated carbocycles. The molecule has 5 heteroatoms. The highest BCUT2D eigenvalue weighted by molar-refractivity contribution is 7.99. The average molecular weight is 260 g/mol. The van der Waals surface area contributed by atoms with Gasteiger partial charge in [-0.3, -0.25) is 4.79 Å². The van der Waals surface area contributed by atoms with E-state index in [2.05, 4.69) is 25.3 Å². The van der Waals surface area contributed by atoms with Crippen LogP contribution in [0.4, 0.5) is 4.39 Å². The third kappa shape index (κ3) is 2.35. The molecule has 0 aromatic heterocycles. The van der Waals surface area contributed by atoms with Crippen molar-refractivity contribution >= 4 is 31.2 Å². The molecule has 0 N–H and O–H groups in total. The molecule has 0 bridgehead atoms. The molecule has 16 heavy (non-hydrogen) atoms. The zero-order valence-corrected chi connectivity index (χ0v) is 10.8. The molecular formula is C11H13FO2S2. The van der Waals surface area contributed by atoms with Crippen LogP contribution in [0.5, 0.6) is 0 Å². The second-order valence-corrected chi connectivity index (χ2v) is 5.01. The van der Waals surface area contributed by atoms with E-state index in [1.54, 1.807) is 6.92 Å². The zero-order valence-electron chi connectivity index (χ0n) is 8.98. The van der Waals surface area contributed by atoms with Crippen molar-refractivity contribution in [2.24, 2.45) is 0 Å². The normalized spacial score (nSPS) is 14.6. The van der Waals surface area contributed by atoms with E-state index in [1.807, 2.05) is 0 Å². The summed E-state index contributed by atoms with van der Waals surface area (Å²) in [6.45, 7) is 1.66. The molecule has 0 heterocycles. The molecule has 0 saturated heterocycles. The Bertz CT molecular complexity index is 378. The van der Waals surface area contributed by atoms with Gasteiger partial charge in [-0.2, -0.15) is 25.3 Å². The number of ether oxygens (including phenoxy) is 1. The minimum Gasteiger partial charge on any atom is -0.468 e. The van der Waals surface area contributed by atoms with Crippen LogP contribution in [0.25, 0.3) is 0 Å². The Balaban J connectivity index is 3.21. The first-order valence-electron chi connectivity index (χ1n) is 4.63. The Morgan fingerprint density at radius 1 is 1.38 bits per heavy atom. The number of benzene rings is 1. The van der Waals surface area contributed by atoms with Crippen LogP contribution < -0.4 is 0 Å². The Morgan fingerprint density at radius 3 is 2.25 bits per heavy atom. The molecule has 88 valence electrons. The predicted molar refractivity (Wildman–Crippen MR) is 67.5 cm³/mol. The number of hydrogen-bond donors (Lipinski definition) is 2. The lowest BCUT2D eigenvalue weighted by molar-refractivity contribution is -0.146. The van der Waals surface area contributed by atoms with E-state index >= 15 is 0 Å². The standard InChI is InChI=1S/C11H13FO2S2/c1-11(10(15)16,9(13)14-2)7-3-5-8(12)6-4-7/h3-6,10,15-16H,1-2H3. The van der Waals surface area contributed by atoms with Crippen LogP contribution in [0.15, 0.2) is 24.3 Å². The number of hydrogen-bond acceptors (Lipinski definition) is 4. The molecule has 0 aliphatic heterocycles. The monoisotopic (exact) mass is 260 g/mol. The maximum atomic E-state index is 12.8. The van der Waals surface area contributed by atoms with Crippen molar-refractivity contribution in [3.63, 3.8) is 0 Å². The molecule has 1 unspecified atom stereocenters. The average Bonchev–Trinajstić information content (AvgIpc) is 2.27. The van der Waals surface area contributed by atoms with Gasteiger partial charge >= 0.3 is 5.97 Å². The molecule has 1 rings (SSSR count). The van der Waals surface area contributed by atoms with Gasteiger partial charge in [0.2, 0.25) is 0 Å². The van der Waals surface area contributed by atoms with Crippen molar-refractivity contribution in [1.29, 1.82) is 0 Å². The lowest BCUT2D eigenvalue weighted by atomic mass is 9.84. The third-order valence-electron chi connectivity index (χ3n) is 2.57. The number of thiol groups is 2. The summed E-state index contributed by atoms with van der Waals surface area (Å²) >= 11 is 8.36. The van der Waals surface area contributed by atoms with E-state index in [9.17, 15) is 9.18 Å². The molecule has 1 aromatic carbocycles. The molecule has 0 amide bonds. The maximum absolute atomic E-state index is 12.8. The van der Waals surface area contributed by atoms with Crippen LogP contribution >= 0.6 is 25.3 Å². The molecule has 0 aliphatic rings. The van der Waals surface area contributed by atoms with Gasteiger partial charge in [0, 0.05) is 0 Å². The molecule has 1 aromatic rings. The molecule has 0 aliphatic carbocycles. The highest BCUT2D eigenvalue weighted by Crippen LogP contribution is 2.34. The van der Waals surface area contributed by atoms with Crippen LogP contribution in [-0.2, 0) is 14.9 Å². The number of carbonyl (C=O) groups is 1. The van der Waals surface area contributed by atoms with Crippen molar-refractivity contribution < 1.29 is 13.9 Å². The van der Waals surface area contributed by atoms with Gasteiger partial charge in [0.1, 0.15) is 11.2 Å². The first kappa shape index (κ1) is 13.4. The quantitative estimate of drug-likeness (QED) is 0.496. The molecule has 0 spiro atoms. The van der Waals surface area contributed by atoms with Gasteiger partial charge in [0.25, 0.3) is 0 Å². The van der Waals surface area contributed by atoms with Crippen LogP contribution in [-0.4, -0.2) is 17.7 Å². The molecule has 0 fully saturated rings. The van der Waals surface area contributed by atoms with Crippen LogP contribution in [0, 0.1) is 5.82 Å². The second kappa shape index (κ2) is 5.10. The largest absolute Gasteiger partial charge is 0.468 e. The van der Waals surface area contributed by atoms with E-state index < -0.39 is 16.0 Å². The van der Waals surface area contributed by atoms with Crippen LogP contribution in [0.2, 0.25) is 0 Å². The Kier molecular flexibility index (Phi) is 4.27. The van der Waals surface area contributed by atoms with Crippen molar-refractivity contribution in [2.45, 2.75) is 16.9 Å². The van der Waals surface area contributed by atoms with Gasteiger partial charge in [-0.05, 0) is 24.6 Å². The summed E-state index contributed by atoms with van der Waals surface area (Å²) in [5.74, 6) is -0.806. The Morgan fingerprint density at radius 2 is 1.88 bits per heavy atom. The van der Waals surface area contributed by atoms with E-state index in [0.717, 1.165) is 0 Å². The van der Waals surface area contributed by atoms with E-state index in [1.165, 1.54) is 31.4 Å². The van der Waals surface area contributed by atoms with Gasteiger partial charge in [-0.1, -0.05) is 12.1 Å². The summed E-state index contributed by atoms with van der Waals surface area (Å²) in [6, 6.07) is 5.65. The summed E-state index contributed by atoms with van der Waals surface area (Å²) < 4.78 is 17.0. The van der Waals surface area contributed by atoms with Crippen molar-refractivity contribution in [1.82, 2.24) is 0 Å². The minimum absolute atomic E-state index is 0.356. The van der Waals surface area contributed by atoms with Gasteiger partial charge in [0.15, 0.2) is 0 Å². The summed E-state index contributed by atoms with van der Waals surface area (Å²) in [7, 11) is 1.30. The zero-order chi connectivity index (χ0) is 12.3. The SMILES string of the molecule is COC(=O)C(C)(c1ccc(F)cc1)C(S)S. The van der Waals surface area contributed by atoms with Gasteiger partial charge < -0.3 is 4.74 Å². The van der Waals surface area contributed by atoms with Crippen molar-refractivity contribution in [3.8, 4) is 0 Å². The molecule has 1 atom stereocenters. The van der Waals surface area contributed by atoms with Gasteiger partial charge in [0.05, 0.1) is 11.7 Å². The summed E-state index contributed by atoms with van der Waals surface area (Å²) in [5.41, 5.74) is -0.384. The fraction of sp³-hybridized carbons (Fsp3) is 0.364. The number of rotatable bonds is 3. The van der Waals surface area contributed by atoms with E-state index in [0.29, 0.717) is 5.56 Å². The Labute approximate surface area is 105 Å². The fourth-order valence-electron chi connectivity index (χ4n) is 1.38. The van der Waals surface area contributed by atoms with Crippen LogP contribution in [0.3, 0.4) is 0 Å². The first-order valence-corrected chi connectivity index (χ1v) is 5.66.